The molecule has 4 nitrogen and oxygen atoms in total. The van der Waals surface area contributed by atoms with Gasteiger partial charge >= 0.3 is 0 Å². The number of piperazine rings is 1. The molecule has 0 N–H and O–H groups in total. The summed E-state index contributed by atoms with van der Waals surface area (Å²) in [5, 5.41) is 0. The summed E-state index contributed by atoms with van der Waals surface area (Å²) >= 11 is 3.21. The van der Waals surface area contributed by atoms with Crippen LogP contribution in [0.4, 0.5) is 4.39 Å². The molecular formula is C21H22BrFN2O2. The van der Waals surface area contributed by atoms with Crippen molar-refractivity contribution in [2.24, 2.45) is 0 Å². The molecule has 2 amide bonds. The molecule has 0 spiro atoms. The Bertz CT molecular complexity index is 785. The first kappa shape index (κ1) is 19.5. The first-order valence-electron chi connectivity index (χ1n) is 9.10. The molecule has 1 aliphatic heterocycles. The molecule has 0 aromatic heterocycles. The quantitative estimate of drug-likeness (QED) is 0.718. The second kappa shape index (κ2) is 9.13. The second-order valence-corrected chi connectivity index (χ2v) is 7.59. The highest BCUT2D eigenvalue weighted by atomic mass is 79.9. The van der Waals surface area contributed by atoms with E-state index in [9.17, 15) is 14.0 Å². The van der Waals surface area contributed by atoms with Crippen LogP contribution in [0.15, 0.2) is 53.0 Å². The second-order valence-electron chi connectivity index (χ2n) is 6.67. The van der Waals surface area contributed by atoms with Crippen molar-refractivity contribution < 1.29 is 14.0 Å². The molecule has 3 rings (SSSR count). The number of nitrogens with zero attached hydrogens (tertiary/aromatic N) is 2. The zero-order chi connectivity index (χ0) is 19.2. The first-order valence-corrected chi connectivity index (χ1v) is 9.89. The van der Waals surface area contributed by atoms with E-state index in [1.54, 1.807) is 11.0 Å². The number of halogens is 2. The number of amides is 2. The van der Waals surface area contributed by atoms with Gasteiger partial charge in [0, 0.05) is 42.6 Å². The predicted molar refractivity (Wildman–Crippen MR) is 106 cm³/mol. The Morgan fingerprint density at radius 2 is 1.63 bits per heavy atom. The number of hydrogen-bond donors (Lipinski definition) is 0. The van der Waals surface area contributed by atoms with Crippen LogP contribution in [-0.2, 0) is 11.2 Å². The molecule has 0 bridgehead atoms. The van der Waals surface area contributed by atoms with Crippen molar-refractivity contribution in [2.75, 3.05) is 26.2 Å². The topological polar surface area (TPSA) is 40.6 Å². The van der Waals surface area contributed by atoms with Gasteiger partial charge in [0.1, 0.15) is 5.82 Å². The van der Waals surface area contributed by atoms with Gasteiger partial charge in [-0.3, -0.25) is 9.59 Å². The lowest BCUT2D eigenvalue weighted by Gasteiger charge is -2.35. The SMILES string of the molecule is O=C(CCCc1ccccc1)N1CCN(C(=O)c2cc(F)cc(Br)c2)CC1. The average Bonchev–Trinajstić information content (AvgIpc) is 2.67. The Kier molecular flexibility index (Phi) is 6.61. The van der Waals surface area contributed by atoms with E-state index in [1.807, 2.05) is 23.1 Å². The fourth-order valence-electron chi connectivity index (χ4n) is 3.27. The first-order chi connectivity index (χ1) is 13.0. The zero-order valence-electron chi connectivity index (χ0n) is 15.0. The lowest BCUT2D eigenvalue weighted by atomic mass is 10.1. The molecule has 0 unspecified atom stereocenters. The smallest absolute Gasteiger partial charge is 0.254 e. The molecule has 0 radical (unpaired) electrons. The Balaban J connectivity index is 1.46. The monoisotopic (exact) mass is 432 g/mol. The Morgan fingerprint density at radius 3 is 2.30 bits per heavy atom. The van der Waals surface area contributed by atoms with Gasteiger partial charge in [-0.1, -0.05) is 46.3 Å². The maximum Gasteiger partial charge on any atom is 0.254 e. The van der Waals surface area contributed by atoms with Gasteiger partial charge in [0.2, 0.25) is 5.91 Å². The van der Waals surface area contributed by atoms with Crippen LogP contribution in [0.2, 0.25) is 0 Å². The van der Waals surface area contributed by atoms with Gasteiger partial charge in [-0.25, -0.2) is 4.39 Å². The van der Waals surface area contributed by atoms with Gasteiger partial charge < -0.3 is 9.80 Å². The van der Waals surface area contributed by atoms with Crippen LogP contribution >= 0.6 is 15.9 Å². The van der Waals surface area contributed by atoms with Crippen molar-refractivity contribution in [3.05, 3.63) is 69.9 Å². The summed E-state index contributed by atoms with van der Waals surface area (Å²) < 4.78 is 14.1. The minimum absolute atomic E-state index is 0.131. The summed E-state index contributed by atoms with van der Waals surface area (Å²) in [6.45, 7) is 1.98. The molecule has 2 aromatic carbocycles. The third kappa shape index (κ3) is 5.39. The van der Waals surface area contributed by atoms with E-state index in [0.717, 1.165) is 12.8 Å². The van der Waals surface area contributed by atoms with Gasteiger partial charge in [0.15, 0.2) is 0 Å². The molecule has 0 aliphatic carbocycles. The highest BCUT2D eigenvalue weighted by molar-refractivity contribution is 9.10. The number of rotatable bonds is 5. The largest absolute Gasteiger partial charge is 0.339 e. The zero-order valence-corrected chi connectivity index (χ0v) is 16.6. The van der Waals surface area contributed by atoms with Gasteiger partial charge in [0.05, 0.1) is 0 Å². The van der Waals surface area contributed by atoms with Crippen molar-refractivity contribution in [1.82, 2.24) is 9.80 Å². The molecule has 0 saturated carbocycles. The predicted octanol–water partition coefficient (Wildman–Crippen LogP) is 3.90. The van der Waals surface area contributed by atoms with E-state index >= 15 is 0 Å². The number of carbonyl (C=O) groups excluding carboxylic acids is 2. The van der Waals surface area contributed by atoms with E-state index in [2.05, 4.69) is 28.1 Å². The van der Waals surface area contributed by atoms with E-state index in [4.69, 9.17) is 0 Å². The Hall–Kier alpha value is -2.21. The molecular weight excluding hydrogens is 411 g/mol. The molecule has 1 saturated heterocycles. The highest BCUT2D eigenvalue weighted by Crippen LogP contribution is 2.17. The number of benzene rings is 2. The molecule has 1 heterocycles. The number of aryl methyl sites for hydroxylation is 1. The normalized spacial score (nSPS) is 14.3. The molecule has 142 valence electrons. The van der Waals surface area contributed by atoms with Gasteiger partial charge in [-0.2, -0.15) is 0 Å². The van der Waals surface area contributed by atoms with Gasteiger partial charge in [-0.05, 0) is 36.6 Å². The summed E-state index contributed by atoms with van der Waals surface area (Å²) in [5.41, 5.74) is 1.56. The lowest BCUT2D eigenvalue weighted by molar-refractivity contribution is -0.132. The fraction of sp³-hybridized carbons (Fsp3) is 0.333. The van der Waals surface area contributed by atoms with Crippen molar-refractivity contribution in [3.8, 4) is 0 Å². The minimum Gasteiger partial charge on any atom is -0.339 e. The summed E-state index contributed by atoms with van der Waals surface area (Å²) in [4.78, 5) is 28.4. The average molecular weight is 433 g/mol. The lowest BCUT2D eigenvalue weighted by Crippen LogP contribution is -2.50. The molecule has 0 atom stereocenters. The molecule has 6 heteroatoms. The maximum absolute atomic E-state index is 13.5. The van der Waals surface area contributed by atoms with Crippen LogP contribution in [0.1, 0.15) is 28.8 Å². The fourth-order valence-corrected chi connectivity index (χ4v) is 3.73. The van der Waals surface area contributed by atoms with Crippen LogP contribution in [0.5, 0.6) is 0 Å². The minimum atomic E-state index is -0.444. The number of hydrogen-bond acceptors (Lipinski definition) is 2. The van der Waals surface area contributed by atoms with Crippen LogP contribution in [-0.4, -0.2) is 47.8 Å². The van der Waals surface area contributed by atoms with E-state index in [0.29, 0.717) is 42.6 Å². The molecule has 1 fully saturated rings. The highest BCUT2D eigenvalue weighted by Gasteiger charge is 2.25. The van der Waals surface area contributed by atoms with Crippen LogP contribution < -0.4 is 0 Å². The van der Waals surface area contributed by atoms with Gasteiger partial charge in [0.25, 0.3) is 5.91 Å². The summed E-state index contributed by atoms with van der Waals surface area (Å²) in [5.74, 6) is -0.516. The summed E-state index contributed by atoms with van der Waals surface area (Å²) in [6.07, 6.45) is 2.22. The Morgan fingerprint density at radius 1 is 0.963 bits per heavy atom. The van der Waals surface area contributed by atoms with Crippen molar-refractivity contribution in [1.29, 1.82) is 0 Å². The van der Waals surface area contributed by atoms with E-state index in [-0.39, 0.29) is 11.8 Å². The summed E-state index contributed by atoms with van der Waals surface area (Å²) in [7, 11) is 0. The van der Waals surface area contributed by atoms with Crippen molar-refractivity contribution in [2.45, 2.75) is 19.3 Å². The van der Waals surface area contributed by atoms with Crippen molar-refractivity contribution >= 4 is 27.7 Å². The van der Waals surface area contributed by atoms with Crippen molar-refractivity contribution in [3.63, 3.8) is 0 Å². The maximum atomic E-state index is 13.5. The number of carbonyl (C=O) groups is 2. The standard InChI is InChI=1S/C21H22BrFN2O2/c22-18-13-17(14-19(23)15-18)21(27)25-11-9-24(10-12-25)20(26)8-4-7-16-5-2-1-3-6-16/h1-3,5-6,13-15H,4,7-12H2. The van der Waals surface area contributed by atoms with Crippen LogP contribution in [0, 0.1) is 5.82 Å². The van der Waals surface area contributed by atoms with Gasteiger partial charge in [-0.15, -0.1) is 0 Å². The van der Waals surface area contributed by atoms with E-state index < -0.39 is 5.82 Å². The molecule has 2 aromatic rings. The third-order valence-corrected chi connectivity index (χ3v) is 5.19. The third-order valence-electron chi connectivity index (χ3n) is 4.73. The summed E-state index contributed by atoms with van der Waals surface area (Å²) in [6, 6.07) is 14.3. The molecule has 1 aliphatic rings. The van der Waals surface area contributed by atoms with E-state index in [1.165, 1.54) is 17.7 Å². The van der Waals surface area contributed by atoms with Crippen LogP contribution in [0.25, 0.3) is 0 Å². The molecule has 27 heavy (non-hydrogen) atoms. The van der Waals surface area contributed by atoms with Crippen LogP contribution in [0.3, 0.4) is 0 Å². The Labute approximate surface area is 167 Å².